The minimum absolute atomic E-state index is 0.367. The van der Waals surface area contributed by atoms with Gasteiger partial charge in [-0.3, -0.25) is 0 Å². The summed E-state index contributed by atoms with van der Waals surface area (Å²) < 4.78 is 0. The molecule has 114 valence electrons. The maximum atomic E-state index is 11.6. The number of carboxylic acid groups (broad SMARTS) is 1. The van der Waals surface area contributed by atoms with Crippen molar-refractivity contribution in [2.24, 2.45) is 11.8 Å². The molecular weight excluding hydrogens is 274 g/mol. The van der Waals surface area contributed by atoms with E-state index in [0.717, 1.165) is 30.5 Å². The number of aromatic carboxylic acids is 1. The van der Waals surface area contributed by atoms with Gasteiger partial charge in [-0.2, -0.15) is 0 Å². The number of allylic oxidation sites excluding steroid dienone is 4. The molecule has 0 bridgehead atoms. The fraction of sp³-hybridized carbons (Fsp3) is 0.421. The number of carbonyl (C=O) groups is 1. The van der Waals surface area contributed by atoms with E-state index in [2.05, 4.69) is 35.7 Å². The first kappa shape index (κ1) is 13.6. The van der Waals surface area contributed by atoms with Crippen molar-refractivity contribution >= 4 is 11.7 Å². The molecule has 2 aliphatic carbocycles. The lowest BCUT2D eigenvalue weighted by Crippen LogP contribution is -2.42. The van der Waals surface area contributed by atoms with Gasteiger partial charge in [-0.15, -0.1) is 0 Å². The van der Waals surface area contributed by atoms with Crippen LogP contribution in [0.15, 0.2) is 42.5 Å². The van der Waals surface area contributed by atoms with E-state index in [1.807, 2.05) is 6.07 Å². The van der Waals surface area contributed by atoms with Crippen molar-refractivity contribution in [2.75, 3.05) is 5.32 Å². The zero-order chi connectivity index (χ0) is 15.1. The summed E-state index contributed by atoms with van der Waals surface area (Å²) in [6.07, 6.45) is 13.6. The Balaban J connectivity index is 1.76. The molecule has 0 amide bonds. The third-order valence-corrected chi connectivity index (χ3v) is 5.49. The molecule has 3 aliphatic rings. The fourth-order valence-corrected chi connectivity index (χ4v) is 4.45. The van der Waals surface area contributed by atoms with Crippen LogP contribution in [-0.2, 0) is 0 Å². The van der Waals surface area contributed by atoms with Crippen molar-refractivity contribution in [3.8, 4) is 0 Å². The number of fused-ring (bicyclic) bond motifs is 3. The van der Waals surface area contributed by atoms with E-state index in [-0.39, 0.29) is 0 Å². The monoisotopic (exact) mass is 295 g/mol. The molecule has 3 nitrogen and oxygen atoms in total. The van der Waals surface area contributed by atoms with Crippen molar-refractivity contribution in [3.05, 3.63) is 53.6 Å². The predicted octanol–water partition coefficient (Wildman–Crippen LogP) is 4.19. The normalized spacial score (nSPS) is 32.2. The van der Waals surface area contributed by atoms with Gasteiger partial charge in [-0.05, 0) is 49.1 Å². The van der Waals surface area contributed by atoms with E-state index in [0.29, 0.717) is 29.4 Å². The molecule has 3 heteroatoms. The topological polar surface area (TPSA) is 49.3 Å². The first-order chi connectivity index (χ1) is 10.8. The molecule has 1 aromatic carbocycles. The second-order valence-corrected chi connectivity index (χ2v) is 6.64. The van der Waals surface area contributed by atoms with Gasteiger partial charge >= 0.3 is 5.97 Å². The average molecular weight is 295 g/mol. The summed E-state index contributed by atoms with van der Waals surface area (Å²) in [5.74, 6) is 0.693. The van der Waals surface area contributed by atoms with Gasteiger partial charge in [0.25, 0.3) is 0 Å². The molecule has 0 radical (unpaired) electrons. The van der Waals surface area contributed by atoms with Gasteiger partial charge in [0.15, 0.2) is 0 Å². The Morgan fingerprint density at radius 2 is 2.09 bits per heavy atom. The van der Waals surface area contributed by atoms with Crippen LogP contribution < -0.4 is 5.32 Å². The summed E-state index contributed by atoms with van der Waals surface area (Å²) in [7, 11) is 0. The molecule has 0 aromatic heterocycles. The first-order valence-electron chi connectivity index (χ1n) is 8.20. The van der Waals surface area contributed by atoms with Crippen LogP contribution in [0.5, 0.6) is 0 Å². The van der Waals surface area contributed by atoms with Gasteiger partial charge in [0, 0.05) is 12.0 Å². The predicted molar refractivity (Wildman–Crippen MR) is 87.3 cm³/mol. The number of rotatable bonds is 2. The molecule has 1 aliphatic heterocycles. The standard InChI is InChI=1S/C19H21NO2/c21-19(22)16-11-5-10-15-13-8-4-9-14(13)17(20-18(15)16)12-6-2-1-3-7-12/h1-2,4-5,8,10-14,17,20H,3,6-7,9H2,(H,21,22)/t12-,13-,14-,17-/m1/s1. The van der Waals surface area contributed by atoms with E-state index >= 15 is 0 Å². The molecule has 1 heterocycles. The Hall–Kier alpha value is -2.03. The van der Waals surface area contributed by atoms with E-state index in [1.54, 1.807) is 6.07 Å². The van der Waals surface area contributed by atoms with Gasteiger partial charge in [-0.25, -0.2) is 4.79 Å². The van der Waals surface area contributed by atoms with Crippen molar-refractivity contribution in [2.45, 2.75) is 37.6 Å². The van der Waals surface area contributed by atoms with Crippen LogP contribution in [0.3, 0.4) is 0 Å². The SMILES string of the molecule is O=C(O)c1cccc2c1N[C@H]([C@@H]1CC=CCC1)[C@@H]1CC=C[C@@H]21. The summed E-state index contributed by atoms with van der Waals surface area (Å²) in [4.78, 5) is 11.6. The molecule has 0 saturated carbocycles. The van der Waals surface area contributed by atoms with Gasteiger partial charge < -0.3 is 10.4 Å². The van der Waals surface area contributed by atoms with E-state index in [1.165, 1.54) is 6.42 Å². The minimum atomic E-state index is -0.841. The second kappa shape index (κ2) is 5.31. The van der Waals surface area contributed by atoms with Crippen molar-refractivity contribution in [1.29, 1.82) is 0 Å². The lowest BCUT2D eigenvalue weighted by Gasteiger charge is -2.42. The van der Waals surface area contributed by atoms with Crippen molar-refractivity contribution in [3.63, 3.8) is 0 Å². The van der Waals surface area contributed by atoms with E-state index in [4.69, 9.17) is 0 Å². The molecule has 0 unspecified atom stereocenters. The van der Waals surface area contributed by atoms with Crippen LogP contribution in [0.1, 0.15) is 47.5 Å². The summed E-state index contributed by atoms with van der Waals surface area (Å²) >= 11 is 0. The summed E-state index contributed by atoms with van der Waals surface area (Å²) in [6.45, 7) is 0. The Morgan fingerprint density at radius 1 is 1.18 bits per heavy atom. The Kier molecular flexibility index (Phi) is 3.29. The van der Waals surface area contributed by atoms with Crippen LogP contribution in [0, 0.1) is 11.8 Å². The molecule has 0 saturated heterocycles. The van der Waals surface area contributed by atoms with Crippen LogP contribution in [0.25, 0.3) is 0 Å². The first-order valence-corrected chi connectivity index (χ1v) is 8.20. The second-order valence-electron chi connectivity index (χ2n) is 6.64. The lowest BCUT2D eigenvalue weighted by atomic mass is 9.71. The lowest BCUT2D eigenvalue weighted by molar-refractivity contribution is 0.0697. The fourth-order valence-electron chi connectivity index (χ4n) is 4.45. The largest absolute Gasteiger partial charge is 0.478 e. The van der Waals surface area contributed by atoms with Crippen molar-refractivity contribution < 1.29 is 9.90 Å². The number of nitrogens with one attached hydrogen (secondary N) is 1. The summed E-state index contributed by atoms with van der Waals surface area (Å²) in [6, 6.07) is 6.04. The highest BCUT2D eigenvalue weighted by Gasteiger charge is 2.41. The molecule has 4 rings (SSSR count). The zero-order valence-corrected chi connectivity index (χ0v) is 12.5. The maximum absolute atomic E-state index is 11.6. The van der Waals surface area contributed by atoms with Crippen LogP contribution in [0.4, 0.5) is 5.69 Å². The molecular formula is C19H21NO2. The molecule has 2 N–H and O–H groups in total. The van der Waals surface area contributed by atoms with Gasteiger partial charge in [0.05, 0.1) is 11.3 Å². The Morgan fingerprint density at radius 3 is 2.86 bits per heavy atom. The third kappa shape index (κ3) is 2.07. The summed E-state index contributed by atoms with van der Waals surface area (Å²) in [5.41, 5.74) is 2.41. The Bertz CT molecular complexity index is 661. The number of anilines is 1. The number of hydrogen-bond acceptors (Lipinski definition) is 2. The number of carboxylic acids is 1. The molecule has 4 atom stereocenters. The number of benzene rings is 1. The highest BCUT2D eigenvalue weighted by Crippen LogP contribution is 2.48. The van der Waals surface area contributed by atoms with Gasteiger partial charge in [-0.1, -0.05) is 36.4 Å². The highest BCUT2D eigenvalue weighted by molar-refractivity contribution is 5.95. The smallest absolute Gasteiger partial charge is 0.337 e. The molecule has 1 aromatic rings. The van der Waals surface area contributed by atoms with Crippen LogP contribution in [-0.4, -0.2) is 17.1 Å². The maximum Gasteiger partial charge on any atom is 0.337 e. The van der Waals surface area contributed by atoms with E-state index < -0.39 is 5.97 Å². The van der Waals surface area contributed by atoms with Gasteiger partial charge in [0.1, 0.15) is 0 Å². The van der Waals surface area contributed by atoms with Gasteiger partial charge in [0.2, 0.25) is 0 Å². The quantitative estimate of drug-likeness (QED) is 0.804. The zero-order valence-electron chi connectivity index (χ0n) is 12.5. The molecule has 0 spiro atoms. The van der Waals surface area contributed by atoms with Crippen molar-refractivity contribution in [1.82, 2.24) is 0 Å². The van der Waals surface area contributed by atoms with Crippen LogP contribution >= 0.6 is 0 Å². The Labute approximate surface area is 130 Å². The number of hydrogen-bond donors (Lipinski definition) is 2. The minimum Gasteiger partial charge on any atom is -0.478 e. The number of para-hydroxylation sites is 1. The third-order valence-electron chi connectivity index (χ3n) is 5.49. The average Bonchev–Trinajstić information content (AvgIpc) is 3.04. The molecule has 0 fully saturated rings. The van der Waals surface area contributed by atoms with Crippen LogP contribution in [0.2, 0.25) is 0 Å². The highest BCUT2D eigenvalue weighted by atomic mass is 16.4. The summed E-state index contributed by atoms with van der Waals surface area (Å²) in [5, 5.41) is 13.1. The molecule has 22 heavy (non-hydrogen) atoms. The van der Waals surface area contributed by atoms with E-state index in [9.17, 15) is 9.90 Å².